The number of nitrogens with one attached hydrogen (secondary N) is 1. The van der Waals surface area contributed by atoms with E-state index in [9.17, 15) is 8.78 Å². The highest BCUT2D eigenvalue weighted by atomic mass is 35.5. The number of phenols is 1. The van der Waals surface area contributed by atoms with Gasteiger partial charge in [-0.25, -0.2) is 8.78 Å². The van der Waals surface area contributed by atoms with Crippen molar-refractivity contribution in [1.82, 2.24) is 0 Å². The van der Waals surface area contributed by atoms with E-state index in [1.54, 1.807) is 18.2 Å². The summed E-state index contributed by atoms with van der Waals surface area (Å²) < 4.78 is 26.3. The number of hydrogen-bond donors (Lipinski definition) is 2. The van der Waals surface area contributed by atoms with Crippen LogP contribution in [0.25, 0.3) is 0 Å². The van der Waals surface area contributed by atoms with Crippen LogP contribution in [0.2, 0.25) is 10.0 Å². The van der Waals surface area contributed by atoms with E-state index in [-0.39, 0.29) is 6.54 Å². The molecular weight excluding hydrogens is 295 g/mol. The van der Waals surface area contributed by atoms with Crippen molar-refractivity contribution in [3.63, 3.8) is 0 Å². The molecule has 0 radical (unpaired) electrons. The quantitative estimate of drug-likeness (QED) is 0.869. The van der Waals surface area contributed by atoms with Crippen LogP contribution in [0.4, 0.5) is 14.5 Å². The fraction of sp³-hybridized carbons (Fsp3) is 0.0769. The van der Waals surface area contributed by atoms with Crippen LogP contribution in [0.3, 0.4) is 0 Å². The van der Waals surface area contributed by atoms with Gasteiger partial charge in [0.2, 0.25) is 0 Å². The average molecular weight is 304 g/mol. The molecule has 6 heteroatoms. The zero-order chi connectivity index (χ0) is 14.0. The van der Waals surface area contributed by atoms with Crippen LogP contribution >= 0.6 is 23.2 Å². The molecule has 2 aromatic carbocycles. The van der Waals surface area contributed by atoms with E-state index >= 15 is 0 Å². The summed E-state index contributed by atoms with van der Waals surface area (Å²) in [7, 11) is 0. The third-order valence-corrected chi connectivity index (χ3v) is 3.23. The van der Waals surface area contributed by atoms with Crippen molar-refractivity contribution in [1.29, 1.82) is 0 Å². The highest BCUT2D eigenvalue weighted by molar-refractivity contribution is 6.42. The number of anilines is 1. The van der Waals surface area contributed by atoms with Gasteiger partial charge >= 0.3 is 0 Å². The summed E-state index contributed by atoms with van der Waals surface area (Å²) in [5, 5.41) is 12.7. The zero-order valence-electron chi connectivity index (χ0n) is 9.55. The van der Waals surface area contributed by atoms with Gasteiger partial charge in [-0.1, -0.05) is 23.2 Å². The lowest BCUT2D eigenvalue weighted by atomic mass is 10.2. The molecule has 0 unspecified atom stereocenters. The normalized spacial score (nSPS) is 10.5. The Morgan fingerprint density at radius 1 is 1.00 bits per heavy atom. The molecule has 0 amide bonds. The summed E-state index contributed by atoms with van der Waals surface area (Å²) >= 11 is 11.6. The van der Waals surface area contributed by atoms with Crippen LogP contribution in [0.1, 0.15) is 5.56 Å². The standard InChI is InChI=1S/C13H9Cl2F2NO/c14-9-2-1-8(5-10(9)15)18-6-7-3-11(16)13(19)12(17)4-7/h1-5,18-19H,6H2. The van der Waals surface area contributed by atoms with Crippen LogP contribution in [-0.4, -0.2) is 5.11 Å². The lowest BCUT2D eigenvalue weighted by Crippen LogP contribution is -2.00. The summed E-state index contributed by atoms with van der Waals surface area (Å²) in [5.74, 6) is -2.96. The minimum Gasteiger partial charge on any atom is -0.503 e. The van der Waals surface area contributed by atoms with Crippen molar-refractivity contribution in [3.05, 3.63) is 57.6 Å². The van der Waals surface area contributed by atoms with E-state index in [1.807, 2.05) is 0 Å². The Bertz CT molecular complexity index is 597. The van der Waals surface area contributed by atoms with E-state index in [2.05, 4.69) is 5.32 Å². The molecule has 100 valence electrons. The van der Waals surface area contributed by atoms with Crippen molar-refractivity contribution in [2.75, 3.05) is 5.32 Å². The Labute approximate surface area is 118 Å². The molecule has 0 aliphatic heterocycles. The van der Waals surface area contributed by atoms with Gasteiger partial charge in [-0.3, -0.25) is 0 Å². The summed E-state index contributed by atoms with van der Waals surface area (Å²) in [4.78, 5) is 0. The Hall–Kier alpha value is -1.52. The third-order valence-electron chi connectivity index (χ3n) is 2.49. The second-order valence-electron chi connectivity index (χ2n) is 3.89. The minimum atomic E-state index is -0.995. The molecule has 0 fully saturated rings. The topological polar surface area (TPSA) is 32.3 Å². The molecule has 2 N–H and O–H groups in total. The molecule has 2 aromatic rings. The van der Waals surface area contributed by atoms with E-state index in [1.165, 1.54) is 0 Å². The highest BCUT2D eigenvalue weighted by Gasteiger charge is 2.09. The number of hydrogen-bond acceptors (Lipinski definition) is 2. The zero-order valence-corrected chi connectivity index (χ0v) is 11.1. The van der Waals surface area contributed by atoms with E-state index in [4.69, 9.17) is 28.3 Å². The molecule has 0 saturated carbocycles. The molecule has 0 aliphatic rings. The predicted molar refractivity (Wildman–Crippen MR) is 71.8 cm³/mol. The summed E-state index contributed by atoms with van der Waals surface area (Å²) in [6.07, 6.45) is 0. The number of phenolic OH excluding ortho intramolecular Hbond substituents is 1. The van der Waals surface area contributed by atoms with Crippen LogP contribution < -0.4 is 5.32 Å². The number of aromatic hydroxyl groups is 1. The second-order valence-corrected chi connectivity index (χ2v) is 4.70. The maximum atomic E-state index is 13.1. The largest absolute Gasteiger partial charge is 0.503 e. The van der Waals surface area contributed by atoms with Gasteiger partial charge in [-0.05, 0) is 35.9 Å². The van der Waals surface area contributed by atoms with Crippen molar-refractivity contribution in [2.24, 2.45) is 0 Å². The Balaban J connectivity index is 2.12. The molecule has 0 heterocycles. The van der Waals surface area contributed by atoms with Crippen LogP contribution in [0.5, 0.6) is 5.75 Å². The van der Waals surface area contributed by atoms with Gasteiger partial charge in [-0.2, -0.15) is 0 Å². The van der Waals surface area contributed by atoms with Gasteiger partial charge in [0.1, 0.15) is 0 Å². The van der Waals surface area contributed by atoms with Crippen LogP contribution in [0, 0.1) is 11.6 Å². The molecule has 19 heavy (non-hydrogen) atoms. The number of rotatable bonds is 3. The lowest BCUT2D eigenvalue weighted by molar-refractivity contribution is 0.395. The smallest absolute Gasteiger partial charge is 0.187 e. The maximum Gasteiger partial charge on any atom is 0.187 e. The molecule has 0 spiro atoms. The average Bonchev–Trinajstić information content (AvgIpc) is 2.37. The predicted octanol–water partition coefficient (Wildman–Crippen LogP) is 4.59. The fourth-order valence-corrected chi connectivity index (χ4v) is 1.83. The van der Waals surface area contributed by atoms with Crippen molar-refractivity contribution < 1.29 is 13.9 Å². The molecule has 0 aromatic heterocycles. The molecule has 0 atom stereocenters. The van der Waals surface area contributed by atoms with E-state index < -0.39 is 17.4 Å². The lowest BCUT2D eigenvalue weighted by Gasteiger charge is -2.08. The first kappa shape index (κ1) is 13.9. The number of benzene rings is 2. The number of halogens is 4. The summed E-state index contributed by atoms with van der Waals surface area (Å²) in [5.41, 5.74) is 1.03. The van der Waals surface area contributed by atoms with Gasteiger partial charge in [0, 0.05) is 12.2 Å². The van der Waals surface area contributed by atoms with Crippen molar-refractivity contribution in [3.8, 4) is 5.75 Å². The molecule has 0 bridgehead atoms. The van der Waals surface area contributed by atoms with Gasteiger partial charge in [-0.15, -0.1) is 0 Å². The Morgan fingerprint density at radius 2 is 1.63 bits per heavy atom. The van der Waals surface area contributed by atoms with Crippen molar-refractivity contribution >= 4 is 28.9 Å². The fourth-order valence-electron chi connectivity index (χ4n) is 1.53. The van der Waals surface area contributed by atoms with Gasteiger partial charge in [0.25, 0.3) is 0 Å². The molecule has 0 aliphatic carbocycles. The summed E-state index contributed by atoms with van der Waals surface area (Å²) in [6.45, 7) is 0.187. The monoisotopic (exact) mass is 303 g/mol. The SMILES string of the molecule is Oc1c(F)cc(CNc2ccc(Cl)c(Cl)c2)cc1F. The minimum absolute atomic E-state index is 0.187. The molecule has 2 nitrogen and oxygen atoms in total. The first-order valence-electron chi connectivity index (χ1n) is 5.33. The van der Waals surface area contributed by atoms with Gasteiger partial charge in [0.05, 0.1) is 10.0 Å². The first-order chi connectivity index (χ1) is 8.97. The van der Waals surface area contributed by atoms with Crippen LogP contribution in [-0.2, 0) is 6.54 Å². The molecule has 2 rings (SSSR count). The molecular formula is C13H9Cl2F2NO. The Kier molecular flexibility index (Phi) is 4.12. The Morgan fingerprint density at radius 3 is 2.21 bits per heavy atom. The highest BCUT2D eigenvalue weighted by Crippen LogP contribution is 2.26. The second kappa shape index (κ2) is 5.63. The van der Waals surface area contributed by atoms with Crippen molar-refractivity contribution in [2.45, 2.75) is 6.54 Å². The maximum absolute atomic E-state index is 13.1. The van der Waals surface area contributed by atoms with Gasteiger partial charge < -0.3 is 10.4 Å². The summed E-state index contributed by atoms with van der Waals surface area (Å²) in [6, 6.07) is 7.04. The van der Waals surface area contributed by atoms with Crippen LogP contribution in [0.15, 0.2) is 30.3 Å². The van der Waals surface area contributed by atoms with E-state index in [0.717, 1.165) is 12.1 Å². The van der Waals surface area contributed by atoms with Gasteiger partial charge in [0.15, 0.2) is 17.4 Å². The third kappa shape index (κ3) is 3.28. The molecule has 0 saturated heterocycles. The van der Waals surface area contributed by atoms with E-state index in [0.29, 0.717) is 21.3 Å². The first-order valence-corrected chi connectivity index (χ1v) is 6.09.